The molecule has 5 aliphatic carbocycles. The van der Waals surface area contributed by atoms with Gasteiger partial charge in [0.15, 0.2) is 0 Å². The summed E-state index contributed by atoms with van der Waals surface area (Å²) in [5, 5.41) is 44.3. The summed E-state index contributed by atoms with van der Waals surface area (Å²) in [6, 6.07) is 0. The van der Waals surface area contributed by atoms with Crippen molar-refractivity contribution in [2.45, 2.75) is 118 Å². The molecule has 35 heavy (non-hydrogen) atoms. The first-order chi connectivity index (χ1) is 16.0. The van der Waals surface area contributed by atoms with Crippen LogP contribution in [0, 0.1) is 50.7 Å². The van der Waals surface area contributed by atoms with Crippen LogP contribution in [0.2, 0.25) is 0 Å². The molecule has 4 fully saturated rings. The second-order valence-electron chi connectivity index (χ2n) is 14.9. The monoisotopic (exact) mass is 488 g/mol. The molecular formula is C30H48O5. The van der Waals surface area contributed by atoms with E-state index >= 15 is 0 Å². The lowest BCUT2D eigenvalue weighted by Gasteiger charge is -2.72. The molecule has 5 nitrogen and oxygen atoms in total. The molecule has 0 aromatic heterocycles. The minimum absolute atomic E-state index is 0.0535. The predicted octanol–water partition coefficient (Wildman–Crippen LogP) is 5.18. The Bertz CT molecular complexity index is 952. The van der Waals surface area contributed by atoms with E-state index in [-0.39, 0.29) is 33.5 Å². The van der Waals surface area contributed by atoms with E-state index in [1.54, 1.807) is 0 Å². The van der Waals surface area contributed by atoms with Gasteiger partial charge in [-0.25, -0.2) is 0 Å². The standard InChI is InChI=1S/C30H48O5/c1-17-10-13-30(24(33)34)15-14-27(5)18(22(30)29(17,7)35)8-9-21-26(4)16-19(31)23(32)25(2,3)20(26)11-12-28(21,27)6/h8,17,19-23,31-32,35H,9-16H2,1-7H3,(H,33,34)/t17?,19?,20-,21+,22?,23?,26-,27+,28+,29?,30?/m0/s1. The van der Waals surface area contributed by atoms with Crippen molar-refractivity contribution in [1.82, 2.24) is 0 Å². The zero-order valence-corrected chi connectivity index (χ0v) is 22.9. The van der Waals surface area contributed by atoms with Gasteiger partial charge in [-0.1, -0.05) is 53.2 Å². The molecule has 11 atom stereocenters. The maximum Gasteiger partial charge on any atom is 0.310 e. The van der Waals surface area contributed by atoms with Gasteiger partial charge in [-0.05, 0) is 97.7 Å². The Morgan fingerprint density at radius 2 is 1.60 bits per heavy atom. The summed E-state index contributed by atoms with van der Waals surface area (Å²) in [6.45, 7) is 15.3. The number of carbonyl (C=O) groups is 1. The van der Waals surface area contributed by atoms with Crippen LogP contribution in [-0.4, -0.2) is 44.2 Å². The van der Waals surface area contributed by atoms with Crippen molar-refractivity contribution < 1.29 is 25.2 Å². The number of carboxylic acids is 1. The smallest absolute Gasteiger partial charge is 0.310 e. The van der Waals surface area contributed by atoms with Gasteiger partial charge in [0, 0.05) is 5.92 Å². The van der Waals surface area contributed by atoms with Crippen LogP contribution in [0.4, 0.5) is 0 Å². The minimum Gasteiger partial charge on any atom is -0.481 e. The summed E-state index contributed by atoms with van der Waals surface area (Å²) in [4.78, 5) is 12.8. The van der Waals surface area contributed by atoms with Crippen LogP contribution in [0.5, 0.6) is 0 Å². The Balaban J connectivity index is 1.65. The molecule has 5 aliphatic rings. The van der Waals surface area contributed by atoms with Crippen molar-refractivity contribution >= 4 is 5.97 Å². The van der Waals surface area contributed by atoms with Crippen LogP contribution in [-0.2, 0) is 4.79 Å². The molecule has 5 heteroatoms. The third kappa shape index (κ3) is 2.90. The average Bonchev–Trinajstić information content (AvgIpc) is 2.75. The summed E-state index contributed by atoms with van der Waals surface area (Å²) < 4.78 is 0. The fraction of sp³-hybridized carbons (Fsp3) is 0.900. The molecule has 4 saturated carbocycles. The van der Waals surface area contributed by atoms with E-state index in [4.69, 9.17) is 0 Å². The molecule has 4 N–H and O–H groups in total. The third-order valence-corrected chi connectivity index (χ3v) is 13.4. The number of carboxylic acid groups (broad SMARTS) is 1. The van der Waals surface area contributed by atoms with Crippen LogP contribution in [0.15, 0.2) is 11.6 Å². The molecule has 0 amide bonds. The Kier molecular flexibility index (Phi) is 5.40. The normalized spacial score (nSPS) is 57.1. The molecule has 0 spiro atoms. The van der Waals surface area contributed by atoms with Gasteiger partial charge in [-0.3, -0.25) is 4.79 Å². The lowest BCUT2D eigenvalue weighted by Crippen LogP contribution is -2.68. The van der Waals surface area contributed by atoms with Gasteiger partial charge in [0.1, 0.15) is 0 Å². The predicted molar refractivity (Wildman–Crippen MR) is 135 cm³/mol. The van der Waals surface area contributed by atoms with Gasteiger partial charge in [-0.2, -0.15) is 0 Å². The van der Waals surface area contributed by atoms with Crippen molar-refractivity contribution in [2.75, 3.05) is 0 Å². The zero-order chi connectivity index (χ0) is 26.0. The third-order valence-electron chi connectivity index (χ3n) is 13.4. The first-order valence-electron chi connectivity index (χ1n) is 14.0. The number of aliphatic carboxylic acids is 1. The van der Waals surface area contributed by atoms with Crippen molar-refractivity contribution in [2.24, 2.45) is 50.7 Å². The van der Waals surface area contributed by atoms with Crippen LogP contribution in [0.1, 0.15) is 99.8 Å². The number of allylic oxidation sites excluding steroid dienone is 1. The molecule has 0 aliphatic heterocycles. The zero-order valence-electron chi connectivity index (χ0n) is 22.9. The maximum atomic E-state index is 12.8. The van der Waals surface area contributed by atoms with E-state index in [9.17, 15) is 25.2 Å². The van der Waals surface area contributed by atoms with Gasteiger partial charge in [0.2, 0.25) is 0 Å². The fourth-order valence-electron chi connectivity index (χ4n) is 11.0. The first-order valence-corrected chi connectivity index (χ1v) is 14.0. The lowest BCUT2D eigenvalue weighted by atomic mass is 9.33. The largest absolute Gasteiger partial charge is 0.481 e. The summed E-state index contributed by atoms with van der Waals surface area (Å²) in [5.41, 5.74) is -1.46. The molecule has 0 saturated heterocycles. The van der Waals surface area contributed by atoms with Crippen molar-refractivity contribution in [3.63, 3.8) is 0 Å². The summed E-state index contributed by atoms with van der Waals surface area (Å²) in [7, 11) is 0. The number of aliphatic hydroxyl groups excluding tert-OH is 2. The molecule has 5 rings (SSSR count). The fourth-order valence-corrected chi connectivity index (χ4v) is 11.0. The summed E-state index contributed by atoms with van der Waals surface area (Å²) in [6.07, 6.45) is 7.21. The average molecular weight is 489 g/mol. The Morgan fingerprint density at radius 1 is 0.943 bits per heavy atom. The highest BCUT2D eigenvalue weighted by Gasteiger charge is 2.71. The number of aliphatic hydroxyl groups is 3. The molecule has 0 aromatic rings. The highest BCUT2D eigenvalue weighted by molar-refractivity contribution is 5.77. The SMILES string of the molecule is CC1CCC2(C(=O)O)CC[C@]3(C)C(=CC[C@@H]4[C@@]5(C)CC(O)C(O)C(C)(C)[C@@H]5CC[C@]43C)C2C1(C)O. The second-order valence-corrected chi connectivity index (χ2v) is 14.9. The highest BCUT2D eigenvalue weighted by atomic mass is 16.4. The Labute approximate surface area is 211 Å². The van der Waals surface area contributed by atoms with Crippen molar-refractivity contribution in [3.05, 3.63) is 11.6 Å². The van der Waals surface area contributed by atoms with Gasteiger partial charge in [-0.15, -0.1) is 0 Å². The van der Waals surface area contributed by atoms with E-state index in [0.717, 1.165) is 32.1 Å². The molecular weight excluding hydrogens is 440 g/mol. The molecule has 0 radical (unpaired) electrons. The molecule has 198 valence electrons. The number of hydrogen-bond donors (Lipinski definition) is 4. The molecule has 6 unspecified atom stereocenters. The lowest BCUT2D eigenvalue weighted by molar-refractivity contribution is -0.237. The summed E-state index contributed by atoms with van der Waals surface area (Å²) in [5.74, 6) is -0.394. The van der Waals surface area contributed by atoms with Crippen LogP contribution < -0.4 is 0 Å². The number of rotatable bonds is 1. The van der Waals surface area contributed by atoms with Gasteiger partial charge in [0.05, 0.1) is 23.2 Å². The minimum atomic E-state index is -1.05. The number of hydrogen-bond acceptors (Lipinski definition) is 4. The van der Waals surface area contributed by atoms with E-state index in [1.807, 2.05) is 6.92 Å². The first kappa shape index (κ1) is 25.7. The second kappa shape index (κ2) is 7.35. The number of fused-ring (bicyclic) bond motifs is 7. The van der Waals surface area contributed by atoms with Crippen molar-refractivity contribution in [1.29, 1.82) is 0 Å². The topological polar surface area (TPSA) is 98.0 Å². The van der Waals surface area contributed by atoms with Crippen LogP contribution >= 0.6 is 0 Å². The molecule has 0 aromatic carbocycles. The van der Waals surface area contributed by atoms with Crippen LogP contribution in [0.25, 0.3) is 0 Å². The van der Waals surface area contributed by atoms with Gasteiger partial charge >= 0.3 is 5.97 Å². The van der Waals surface area contributed by atoms with E-state index < -0.39 is 29.2 Å². The maximum absolute atomic E-state index is 12.8. The van der Waals surface area contributed by atoms with E-state index in [0.29, 0.717) is 31.1 Å². The van der Waals surface area contributed by atoms with Crippen molar-refractivity contribution in [3.8, 4) is 0 Å². The van der Waals surface area contributed by atoms with Gasteiger partial charge in [0.25, 0.3) is 0 Å². The van der Waals surface area contributed by atoms with E-state index in [1.165, 1.54) is 5.57 Å². The van der Waals surface area contributed by atoms with Crippen LogP contribution in [0.3, 0.4) is 0 Å². The molecule has 0 heterocycles. The quantitative estimate of drug-likeness (QED) is 0.382. The Morgan fingerprint density at radius 3 is 2.23 bits per heavy atom. The van der Waals surface area contributed by atoms with E-state index in [2.05, 4.69) is 47.6 Å². The van der Waals surface area contributed by atoms with Gasteiger partial charge < -0.3 is 20.4 Å². The molecule has 0 bridgehead atoms. The summed E-state index contributed by atoms with van der Waals surface area (Å²) >= 11 is 0. The highest BCUT2D eigenvalue weighted by Crippen LogP contribution is 2.76. The Hall–Kier alpha value is -0.910.